The van der Waals surface area contributed by atoms with Crippen LogP contribution in [0.2, 0.25) is 0 Å². The van der Waals surface area contributed by atoms with Crippen LogP contribution < -0.4 is 16.8 Å². The molecule has 1 aliphatic heterocycles. The zero-order chi connectivity index (χ0) is 18.0. The van der Waals surface area contributed by atoms with Gasteiger partial charge in [0.1, 0.15) is 0 Å². The summed E-state index contributed by atoms with van der Waals surface area (Å²) in [7, 11) is 0. The molecule has 6 N–H and O–H groups in total. The third-order valence-electron chi connectivity index (χ3n) is 4.40. The summed E-state index contributed by atoms with van der Waals surface area (Å²) in [6, 6.07) is 3.78. The van der Waals surface area contributed by atoms with Crippen LogP contribution >= 0.6 is 0 Å². The zero-order valence-electron chi connectivity index (χ0n) is 15.0. The Labute approximate surface area is 147 Å². The zero-order valence-corrected chi connectivity index (χ0v) is 15.0. The van der Waals surface area contributed by atoms with Gasteiger partial charge < -0.3 is 31.2 Å². The maximum atomic E-state index is 9.91. The van der Waals surface area contributed by atoms with Crippen LogP contribution in [-0.2, 0) is 11.3 Å². The third-order valence-corrected chi connectivity index (χ3v) is 4.40. The van der Waals surface area contributed by atoms with Gasteiger partial charge in [0.25, 0.3) is 0 Å². The van der Waals surface area contributed by atoms with Crippen LogP contribution in [-0.4, -0.2) is 64.6 Å². The lowest BCUT2D eigenvalue weighted by Crippen LogP contribution is -2.38. The molecule has 0 saturated carbocycles. The normalized spacial score (nSPS) is 16.4. The van der Waals surface area contributed by atoms with Gasteiger partial charge in [-0.05, 0) is 26.0 Å². The maximum absolute atomic E-state index is 9.91. The summed E-state index contributed by atoms with van der Waals surface area (Å²) in [5.41, 5.74) is 14.5. The van der Waals surface area contributed by atoms with Crippen molar-refractivity contribution >= 4 is 28.4 Å². The molecule has 1 fully saturated rings. The summed E-state index contributed by atoms with van der Waals surface area (Å²) in [5, 5.41) is 13.1. The molecule has 0 bridgehead atoms. The minimum Gasteiger partial charge on any atom is -0.397 e. The van der Waals surface area contributed by atoms with E-state index in [1.165, 1.54) is 0 Å². The highest BCUT2D eigenvalue weighted by atomic mass is 16.5. The largest absolute Gasteiger partial charge is 0.397 e. The summed E-state index contributed by atoms with van der Waals surface area (Å²) >= 11 is 0. The van der Waals surface area contributed by atoms with Crippen LogP contribution in [0.4, 0.5) is 17.3 Å². The van der Waals surface area contributed by atoms with Crippen molar-refractivity contribution in [3.05, 3.63) is 12.1 Å². The fourth-order valence-electron chi connectivity index (χ4n) is 2.97. The summed E-state index contributed by atoms with van der Waals surface area (Å²) in [6.07, 6.45) is 0. The van der Waals surface area contributed by atoms with Crippen LogP contribution in [0.3, 0.4) is 0 Å². The fourth-order valence-corrected chi connectivity index (χ4v) is 2.97. The van der Waals surface area contributed by atoms with E-state index in [1.807, 2.05) is 16.7 Å². The molecular weight excluding hydrogens is 320 g/mol. The van der Waals surface area contributed by atoms with Crippen molar-refractivity contribution in [1.29, 1.82) is 0 Å². The predicted molar refractivity (Wildman–Crippen MR) is 101 cm³/mol. The van der Waals surface area contributed by atoms with E-state index in [0.29, 0.717) is 18.2 Å². The van der Waals surface area contributed by atoms with Gasteiger partial charge in [0, 0.05) is 32.7 Å². The topological polar surface area (TPSA) is 115 Å². The van der Waals surface area contributed by atoms with Crippen molar-refractivity contribution in [2.45, 2.75) is 26.0 Å². The lowest BCUT2D eigenvalue weighted by Gasteiger charge is -2.26. The van der Waals surface area contributed by atoms with Gasteiger partial charge in [-0.15, -0.1) is 0 Å². The van der Waals surface area contributed by atoms with Crippen molar-refractivity contribution in [1.82, 2.24) is 14.5 Å². The molecule has 2 aromatic rings. The monoisotopic (exact) mass is 348 g/mol. The molecule has 1 aliphatic rings. The lowest BCUT2D eigenvalue weighted by atomic mass is 10.1. The molecule has 0 aliphatic carbocycles. The number of nitrogens with two attached hydrogens (primary N) is 2. The maximum Gasteiger partial charge on any atom is 0.201 e. The van der Waals surface area contributed by atoms with Crippen molar-refractivity contribution in [2.75, 3.05) is 56.2 Å². The lowest BCUT2D eigenvalue weighted by molar-refractivity contribution is 0.0366. The second kappa shape index (κ2) is 7.07. The van der Waals surface area contributed by atoms with Gasteiger partial charge in [-0.1, -0.05) is 0 Å². The Kier molecular flexibility index (Phi) is 5.03. The highest BCUT2D eigenvalue weighted by Crippen LogP contribution is 2.28. The molecule has 0 amide bonds. The first-order chi connectivity index (χ1) is 11.8. The van der Waals surface area contributed by atoms with Crippen LogP contribution in [0, 0.1) is 0 Å². The number of morpholine rings is 1. The number of aliphatic hydroxyl groups is 1. The molecule has 2 heterocycles. The van der Waals surface area contributed by atoms with Gasteiger partial charge in [0.15, 0.2) is 0 Å². The molecule has 138 valence electrons. The standard InChI is InChI=1S/C17H28N6O2/c1-17(2,24)11-20-13-10-15-14(9-12(13)18)21-16(19)23(15)4-3-22-5-7-25-8-6-22/h9-10,20,24H,3-8,11,18H2,1-2H3,(H2,19,21). The second-order valence-corrected chi connectivity index (χ2v) is 7.17. The Balaban J connectivity index is 1.80. The minimum absolute atomic E-state index is 0.403. The summed E-state index contributed by atoms with van der Waals surface area (Å²) in [4.78, 5) is 6.79. The molecule has 3 rings (SSSR count). The van der Waals surface area contributed by atoms with Crippen LogP contribution in [0.1, 0.15) is 13.8 Å². The molecule has 1 saturated heterocycles. The van der Waals surface area contributed by atoms with E-state index in [2.05, 4.69) is 15.2 Å². The van der Waals surface area contributed by atoms with Crippen molar-refractivity contribution in [2.24, 2.45) is 0 Å². The Morgan fingerprint density at radius 1 is 1.24 bits per heavy atom. The molecule has 0 spiro atoms. The van der Waals surface area contributed by atoms with Gasteiger partial charge in [-0.25, -0.2) is 4.98 Å². The minimum atomic E-state index is -0.822. The van der Waals surface area contributed by atoms with Gasteiger partial charge in [0.2, 0.25) is 5.95 Å². The number of benzene rings is 1. The number of aromatic nitrogens is 2. The van der Waals surface area contributed by atoms with Crippen LogP contribution in [0.25, 0.3) is 11.0 Å². The van der Waals surface area contributed by atoms with E-state index in [-0.39, 0.29) is 0 Å². The predicted octanol–water partition coefficient (Wildman–Crippen LogP) is 0.716. The number of rotatable bonds is 6. The van der Waals surface area contributed by atoms with Crippen LogP contribution in [0.15, 0.2) is 12.1 Å². The van der Waals surface area contributed by atoms with E-state index in [0.717, 1.165) is 56.1 Å². The Morgan fingerprint density at radius 2 is 1.96 bits per heavy atom. The molecule has 0 radical (unpaired) electrons. The number of nitrogens with zero attached hydrogens (tertiary/aromatic N) is 3. The van der Waals surface area contributed by atoms with Gasteiger partial charge >= 0.3 is 0 Å². The number of imidazole rings is 1. The summed E-state index contributed by atoms with van der Waals surface area (Å²) < 4.78 is 7.40. The molecule has 1 aromatic heterocycles. The smallest absolute Gasteiger partial charge is 0.201 e. The molecule has 8 heteroatoms. The first-order valence-electron chi connectivity index (χ1n) is 8.65. The average molecular weight is 348 g/mol. The molecular formula is C17H28N6O2. The van der Waals surface area contributed by atoms with Crippen molar-refractivity contribution in [3.63, 3.8) is 0 Å². The highest BCUT2D eigenvalue weighted by Gasteiger charge is 2.16. The SMILES string of the molecule is CC(C)(O)CNc1cc2c(cc1N)nc(N)n2CCN1CCOCC1. The Hall–Kier alpha value is -2.03. The van der Waals surface area contributed by atoms with Gasteiger partial charge in [0.05, 0.1) is 41.2 Å². The molecule has 8 nitrogen and oxygen atoms in total. The number of anilines is 3. The van der Waals surface area contributed by atoms with E-state index in [4.69, 9.17) is 16.2 Å². The first-order valence-corrected chi connectivity index (χ1v) is 8.65. The van der Waals surface area contributed by atoms with Crippen LogP contribution in [0.5, 0.6) is 0 Å². The second-order valence-electron chi connectivity index (χ2n) is 7.17. The fraction of sp³-hybridized carbons (Fsp3) is 0.588. The number of ether oxygens (including phenoxy) is 1. The number of hydrogen-bond acceptors (Lipinski definition) is 7. The molecule has 0 atom stereocenters. The van der Waals surface area contributed by atoms with E-state index >= 15 is 0 Å². The van der Waals surface area contributed by atoms with E-state index in [1.54, 1.807) is 13.8 Å². The first kappa shape index (κ1) is 17.8. The van der Waals surface area contributed by atoms with Gasteiger partial charge in [-0.2, -0.15) is 0 Å². The number of nitrogens with one attached hydrogen (secondary N) is 1. The van der Waals surface area contributed by atoms with Crippen molar-refractivity contribution in [3.8, 4) is 0 Å². The average Bonchev–Trinajstić information content (AvgIpc) is 2.85. The molecule has 25 heavy (non-hydrogen) atoms. The summed E-state index contributed by atoms with van der Waals surface area (Å²) in [5.74, 6) is 0.488. The number of hydrogen-bond donors (Lipinski definition) is 4. The van der Waals surface area contributed by atoms with Gasteiger partial charge in [-0.3, -0.25) is 4.90 Å². The third kappa shape index (κ3) is 4.33. The van der Waals surface area contributed by atoms with Crippen molar-refractivity contribution < 1.29 is 9.84 Å². The molecule has 1 aromatic carbocycles. The van der Waals surface area contributed by atoms with E-state index < -0.39 is 5.60 Å². The summed E-state index contributed by atoms with van der Waals surface area (Å²) in [6.45, 7) is 9.00. The Bertz CT molecular complexity index is 731. The molecule has 0 unspecified atom stereocenters. The quantitative estimate of drug-likeness (QED) is 0.569. The number of fused-ring (bicyclic) bond motifs is 1. The Morgan fingerprint density at radius 3 is 2.64 bits per heavy atom. The highest BCUT2D eigenvalue weighted by molar-refractivity contribution is 5.88. The number of nitrogen functional groups attached to an aromatic ring is 2. The van der Waals surface area contributed by atoms with E-state index in [9.17, 15) is 5.11 Å².